The number of ether oxygens (including phenoxy) is 1. The fourth-order valence-electron chi connectivity index (χ4n) is 3.67. The molecular formula is C27H28N2O3S. The Hall–Kier alpha value is -3.25. The van der Waals surface area contributed by atoms with Crippen molar-refractivity contribution < 1.29 is 14.3 Å². The predicted octanol–water partition coefficient (Wildman–Crippen LogP) is 5.93. The van der Waals surface area contributed by atoms with Crippen molar-refractivity contribution in [2.45, 2.75) is 49.6 Å². The first-order valence-corrected chi connectivity index (χ1v) is 12.1. The maximum absolute atomic E-state index is 13.7. The summed E-state index contributed by atoms with van der Waals surface area (Å²) in [6.07, 6.45) is 0.851. The zero-order valence-electron chi connectivity index (χ0n) is 19.1. The predicted molar refractivity (Wildman–Crippen MR) is 132 cm³/mol. The van der Waals surface area contributed by atoms with E-state index in [1.165, 1.54) is 0 Å². The summed E-state index contributed by atoms with van der Waals surface area (Å²) in [5, 5.41) is 3.02. The minimum atomic E-state index is -0.132. The van der Waals surface area contributed by atoms with Crippen LogP contribution in [0.3, 0.4) is 0 Å². The third kappa shape index (κ3) is 5.06. The number of anilines is 1. The van der Waals surface area contributed by atoms with Crippen LogP contribution in [-0.2, 0) is 6.54 Å². The first kappa shape index (κ1) is 22.9. The van der Waals surface area contributed by atoms with E-state index in [2.05, 4.69) is 5.32 Å². The topological polar surface area (TPSA) is 58.6 Å². The van der Waals surface area contributed by atoms with Gasteiger partial charge in [0.05, 0.1) is 24.4 Å². The molecule has 2 amide bonds. The van der Waals surface area contributed by atoms with Crippen LogP contribution in [0.4, 0.5) is 5.69 Å². The van der Waals surface area contributed by atoms with Gasteiger partial charge in [-0.1, -0.05) is 43.0 Å². The Morgan fingerprint density at radius 1 is 1.03 bits per heavy atom. The molecule has 0 spiro atoms. The van der Waals surface area contributed by atoms with E-state index in [9.17, 15) is 9.59 Å². The van der Waals surface area contributed by atoms with Crippen LogP contribution in [0.1, 0.15) is 53.5 Å². The van der Waals surface area contributed by atoms with Crippen molar-refractivity contribution in [2.24, 2.45) is 0 Å². The van der Waals surface area contributed by atoms with Crippen molar-refractivity contribution in [2.75, 3.05) is 11.5 Å². The summed E-state index contributed by atoms with van der Waals surface area (Å²) in [6.45, 7) is 6.96. The second-order valence-corrected chi connectivity index (χ2v) is 9.12. The lowest BCUT2D eigenvalue weighted by Gasteiger charge is -2.24. The van der Waals surface area contributed by atoms with E-state index in [1.807, 2.05) is 87.5 Å². The number of rotatable bonds is 7. The van der Waals surface area contributed by atoms with E-state index in [4.69, 9.17) is 4.74 Å². The number of hydrogen-bond acceptors (Lipinski definition) is 4. The highest BCUT2D eigenvalue weighted by atomic mass is 32.2. The maximum Gasteiger partial charge on any atom is 0.259 e. The number of nitrogens with one attached hydrogen (secondary N) is 1. The molecular weight excluding hydrogens is 432 g/mol. The average Bonchev–Trinajstić information content (AvgIpc) is 2.94. The first-order valence-electron chi connectivity index (χ1n) is 11.3. The number of carbonyl (C=O) groups is 2. The molecule has 1 aliphatic heterocycles. The Kier molecular flexibility index (Phi) is 7.04. The highest BCUT2D eigenvalue weighted by Crippen LogP contribution is 2.42. The first-order chi connectivity index (χ1) is 16.0. The molecule has 3 aromatic rings. The molecule has 0 saturated heterocycles. The second kappa shape index (κ2) is 10.1. The molecule has 33 heavy (non-hydrogen) atoms. The molecule has 4 rings (SSSR count). The third-order valence-electron chi connectivity index (χ3n) is 5.66. The van der Waals surface area contributed by atoms with Crippen LogP contribution in [0.25, 0.3) is 0 Å². The van der Waals surface area contributed by atoms with Crippen molar-refractivity contribution in [3.05, 3.63) is 83.4 Å². The molecule has 1 heterocycles. The number of benzene rings is 3. The van der Waals surface area contributed by atoms with Crippen LogP contribution in [-0.4, -0.2) is 24.5 Å². The van der Waals surface area contributed by atoms with Crippen molar-refractivity contribution in [1.29, 1.82) is 0 Å². The minimum absolute atomic E-state index is 0.0785. The molecule has 1 atom stereocenters. The van der Waals surface area contributed by atoms with Crippen LogP contribution in [0.5, 0.6) is 5.75 Å². The van der Waals surface area contributed by atoms with Gasteiger partial charge in [-0.25, -0.2) is 0 Å². The molecule has 0 bridgehead atoms. The normalized spacial score (nSPS) is 13.5. The molecule has 0 saturated carbocycles. The lowest BCUT2D eigenvalue weighted by atomic mass is 10.1. The van der Waals surface area contributed by atoms with Gasteiger partial charge < -0.3 is 15.0 Å². The summed E-state index contributed by atoms with van der Waals surface area (Å²) in [6, 6.07) is 21.1. The van der Waals surface area contributed by atoms with Gasteiger partial charge in [-0.3, -0.25) is 9.59 Å². The van der Waals surface area contributed by atoms with Gasteiger partial charge in [0.2, 0.25) is 0 Å². The highest BCUT2D eigenvalue weighted by molar-refractivity contribution is 7.99. The van der Waals surface area contributed by atoms with E-state index >= 15 is 0 Å². The van der Waals surface area contributed by atoms with Gasteiger partial charge in [-0.15, -0.1) is 0 Å². The standard InChI is InChI=1S/C27H28N2O3S/c1-4-18(3)28-26(30)20-12-15-25-23(16-20)29(17-19-10-13-21(14-11-19)32-5-2)27(31)22-8-6-7-9-24(22)33-25/h6-16,18H,4-5,17H2,1-3H3,(H,28,30)/t18-/m1/s1. The van der Waals surface area contributed by atoms with Crippen LogP contribution in [0.2, 0.25) is 0 Å². The maximum atomic E-state index is 13.7. The Balaban J connectivity index is 1.74. The summed E-state index contributed by atoms with van der Waals surface area (Å²) < 4.78 is 5.55. The fourth-order valence-corrected chi connectivity index (χ4v) is 4.73. The zero-order chi connectivity index (χ0) is 23.4. The molecule has 1 aliphatic rings. The van der Waals surface area contributed by atoms with E-state index in [-0.39, 0.29) is 17.9 Å². The van der Waals surface area contributed by atoms with Gasteiger partial charge in [0.25, 0.3) is 11.8 Å². The fraction of sp³-hybridized carbons (Fsp3) is 0.259. The number of fused-ring (bicyclic) bond motifs is 2. The van der Waals surface area contributed by atoms with E-state index in [0.29, 0.717) is 24.3 Å². The molecule has 0 fully saturated rings. The molecule has 1 N–H and O–H groups in total. The SMILES string of the molecule is CCOc1ccc(CN2C(=O)c3ccccc3Sc3ccc(C(=O)N[C@H](C)CC)cc32)cc1. The Morgan fingerprint density at radius 3 is 2.52 bits per heavy atom. The van der Waals surface area contributed by atoms with Crippen LogP contribution in [0.15, 0.2) is 76.5 Å². The lowest BCUT2D eigenvalue weighted by Crippen LogP contribution is -2.33. The second-order valence-electron chi connectivity index (χ2n) is 8.03. The molecule has 0 aliphatic carbocycles. The molecule has 170 valence electrons. The number of carbonyl (C=O) groups excluding carboxylic acids is 2. The van der Waals surface area contributed by atoms with Crippen LogP contribution >= 0.6 is 11.8 Å². The van der Waals surface area contributed by atoms with E-state index in [1.54, 1.807) is 16.7 Å². The van der Waals surface area contributed by atoms with Gasteiger partial charge >= 0.3 is 0 Å². The Bertz CT molecular complexity index is 1160. The molecule has 0 radical (unpaired) electrons. The minimum Gasteiger partial charge on any atom is -0.494 e. The summed E-state index contributed by atoms with van der Waals surface area (Å²) in [5.74, 6) is 0.589. The largest absolute Gasteiger partial charge is 0.494 e. The molecule has 0 unspecified atom stereocenters. The van der Waals surface area contributed by atoms with Gasteiger partial charge in [0.15, 0.2) is 0 Å². The number of amides is 2. The number of nitrogens with zero attached hydrogens (tertiary/aromatic N) is 1. The molecule has 0 aromatic heterocycles. The van der Waals surface area contributed by atoms with Gasteiger partial charge in [-0.05, 0) is 68.3 Å². The summed E-state index contributed by atoms with van der Waals surface area (Å²) in [7, 11) is 0. The van der Waals surface area contributed by atoms with Gasteiger partial charge in [0.1, 0.15) is 5.75 Å². The smallest absolute Gasteiger partial charge is 0.259 e. The average molecular weight is 461 g/mol. The molecule has 5 nitrogen and oxygen atoms in total. The highest BCUT2D eigenvalue weighted by Gasteiger charge is 2.28. The van der Waals surface area contributed by atoms with E-state index < -0.39 is 0 Å². The quantitative estimate of drug-likeness (QED) is 0.475. The van der Waals surface area contributed by atoms with Crippen molar-refractivity contribution in [3.8, 4) is 5.75 Å². The molecule has 6 heteroatoms. The summed E-state index contributed by atoms with van der Waals surface area (Å²) in [5.41, 5.74) is 2.93. The third-order valence-corrected chi connectivity index (χ3v) is 6.80. The van der Waals surface area contributed by atoms with E-state index in [0.717, 1.165) is 33.2 Å². The molecule has 3 aromatic carbocycles. The summed E-state index contributed by atoms with van der Waals surface area (Å²) in [4.78, 5) is 30.1. The zero-order valence-corrected chi connectivity index (χ0v) is 19.9. The van der Waals surface area contributed by atoms with Crippen molar-refractivity contribution in [1.82, 2.24) is 5.32 Å². The lowest BCUT2D eigenvalue weighted by molar-refractivity contribution is 0.0936. The van der Waals surface area contributed by atoms with Gasteiger partial charge in [0, 0.05) is 21.4 Å². The van der Waals surface area contributed by atoms with Crippen LogP contribution in [0, 0.1) is 0 Å². The van der Waals surface area contributed by atoms with Crippen molar-refractivity contribution >= 4 is 29.3 Å². The number of hydrogen-bond donors (Lipinski definition) is 1. The van der Waals surface area contributed by atoms with Crippen LogP contribution < -0.4 is 15.0 Å². The van der Waals surface area contributed by atoms with Gasteiger partial charge in [-0.2, -0.15) is 0 Å². The Morgan fingerprint density at radius 2 is 1.79 bits per heavy atom. The Labute approximate surface area is 199 Å². The monoisotopic (exact) mass is 460 g/mol. The van der Waals surface area contributed by atoms with Crippen molar-refractivity contribution in [3.63, 3.8) is 0 Å². The summed E-state index contributed by atoms with van der Waals surface area (Å²) >= 11 is 1.56.